The molecule has 0 heterocycles. The normalized spacial score (nSPS) is 13.2. The van der Waals surface area contributed by atoms with Crippen molar-refractivity contribution in [1.29, 1.82) is 0 Å². The molecule has 0 aliphatic heterocycles. The summed E-state index contributed by atoms with van der Waals surface area (Å²) in [5, 5.41) is 0. The number of hydrogen-bond donors (Lipinski definition) is 0. The van der Waals surface area contributed by atoms with Crippen LogP contribution in [0.3, 0.4) is 0 Å². The Morgan fingerprint density at radius 1 is 0.600 bits per heavy atom. The Morgan fingerprint density at radius 3 is 1.30 bits per heavy atom. The lowest BCUT2D eigenvalue weighted by Crippen LogP contribution is -2.12. The van der Waals surface area contributed by atoms with Crippen LogP contribution in [0.5, 0.6) is 0 Å². The van der Waals surface area contributed by atoms with Gasteiger partial charge in [0.15, 0.2) is 0 Å². The highest BCUT2D eigenvalue weighted by molar-refractivity contribution is 4.68. The van der Waals surface area contributed by atoms with Crippen LogP contribution in [-0.4, -0.2) is 0 Å². The van der Waals surface area contributed by atoms with Crippen LogP contribution in [0.25, 0.3) is 0 Å². The van der Waals surface area contributed by atoms with Gasteiger partial charge < -0.3 is 0 Å². The molecule has 0 aliphatic carbocycles. The molecule has 0 saturated carbocycles. The van der Waals surface area contributed by atoms with Gasteiger partial charge in [0.2, 0.25) is 0 Å². The van der Waals surface area contributed by atoms with E-state index in [1.165, 1.54) is 38.5 Å². The van der Waals surface area contributed by atoms with Crippen molar-refractivity contribution in [3.05, 3.63) is 0 Å². The second-order valence-electron chi connectivity index (χ2n) is 6.42. The predicted octanol–water partition coefficient (Wildman–Crippen LogP) is 7.96. The molecular weight excluding hydrogens is 240 g/mol. The first kappa shape index (κ1) is 25.0. The third-order valence-corrected chi connectivity index (χ3v) is 3.55. The summed E-state index contributed by atoms with van der Waals surface area (Å²) in [4.78, 5) is 0. The Labute approximate surface area is 132 Å². The second-order valence-corrected chi connectivity index (χ2v) is 6.42. The Hall–Kier alpha value is 0. The largest absolute Gasteiger partial charge is 0.0683 e. The van der Waals surface area contributed by atoms with E-state index in [0.717, 1.165) is 23.7 Å². The molecule has 0 bridgehead atoms. The first-order chi connectivity index (χ1) is 9.49. The summed E-state index contributed by atoms with van der Waals surface area (Å²) in [5.74, 6) is 3.68. The monoisotopic (exact) mass is 286 g/mol. The minimum absolute atomic E-state index is 0.867. The predicted molar refractivity (Wildman–Crippen MR) is 98.4 cm³/mol. The summed E-state index contributed by atoms with van der Waals surface area (Å²) in [5.41, 5.74) is 0. The standard InChI is InChI=1S/C16H34.2C2H6/c1-7-9-16(11-14(5)6)12-15(8-2)10-13(3)4;2*1-2/h13-16H,7-12H2,1-6H3;2*1-2H3. The fourth-order valence-electron chi connectivity index (χ4n) is 2.97. The van der Waals surface area contributed by atoms with Crippen LogP contribution in [0.4, 0.5) is 0 Å². The third-order valence-electron chi connectivity index (χ3n) is 3.55. The Balaban J connectivity index is -0.000000656. The van der Waals surface area contributed by atoms with Crippen LogP contribution < -0.4 is 0 Å². The van der Waals surface area contributed by atoms with Crippen molar-refractivity contribution < 1.29 is 0 Å². The van der Waals surface area contributed by atoms with Crippen LogP contribution in [0, 0.1) is 23.7 Å². The fourth-order valence-corrected chi connectivity index (χ4v) is 2.97. The summed E-state index contributed by atoms with van der Waals surface area (Å²) in [6, 6.07) is 0. The average Bonchev–Trinajstić information content (AvgIpc) is 2.41. The van der Waals surface area contributed by atoms with Crippen molar-refractivity contribution >= 4 is 0 Å². The maximum Gasteiger partial charge on any atom is -0.0409 e. The van der Waals surface area contributed by atoms with Crippen molar-refractivity contribution in [3.8, 4) is 0 Å². The lowest BCUT2D eigenvalue weighted by molar-refractivity contribution is 0.270. The second kappa shape index (κ2) is 19.0. The van der Waals surface area contributed by atoms with Gasteiger partial charge >= 0.3 is 0 Å². The lowest BCUT2D eigenvalue weighted by Gasteiger charge is -2.25. The van der Waals surface area contributed by atoms with Crippen LogP contribution in [-0.2, 0) is 0 Å². The zero-order valence-corrected chi connectivity index (χ0v) is 16.6. The molecule has 0 rings (SSSR count). The fraction of sp³-hybridized carbons (Fsp3) is 1.00. The first-order valence-corrected chi connectivity index (χ1v) is 9.49. The smallest absolute Gasteiger partial charge is 0.0409 e. The van der Waals surface area contributed by atoms with E-state index in [0.29, 0.717) is 0 Å². The van der Waals surface area contributed by atoms with E-state index in [4.69, 9.17) is 0 Å². The van der Waals surface area contributed by atoms with Crippen molar-refractivity contribution in [1.82, 2.24) is 0 Å². The van der Waals surface area contributed by atoms with Gasteiger partial charge in [-0.1, -0.05) is 88.5 Å². The van der Waals surface area contributed by atoms with Crippen molar-refractivity contribution in [3.63, 3.8) is 0 Å². The van der Waals surface area contributed by atoms with Gasteiger partial charge in [-0.3, -0.25) is 0 Å². The quantitative estimate of drug-likeness (QED) is 0.403. The van der Waals surface area contributed by atoms with Crippen LogP contribution in [0.2, 0.25) is 0 Å². The minimum Gasteiger partial charge on any atom is -0.0683 e. The molecule has 0 nitrogen and oxygen atoms in total. The van der Waals surface area contributed by atoms with Crippen LogP contribution >= 0.6 is 0 Å². The van der Waals surface area contributed by atoms with Gasteiger partial charge in [0.25, 0.3) is 0 Å². The van der Waals surface area contributed by atoms with Crippen molar-refractivity contribution in [2.24, 2.45) is 23.7 Å². The van der Waals surface area contributed by atoms with E-state index < -0.39 is 0 Å². The SMILES string of the molecule is CC.CC.CCCC(CC(C)C)CC(CC)CC(C)C. The molecule has 0 spiro atoms. The molecule has 0 amide bonds. The molecule has 0 heteroatoms. The highest BCUT2D eigenvalue weighted by atomic mass is 14.2. The molecule has 0 aliphatic rings. The Morgan fingerprint density at radius 2 is 1.00 bits per heavy atom. The van der Waals surface area contributed by atoms with Gasteiger partial charge in [-0.2, -0.15) is 0 Å². The van der Waals surface area contributed by atoms with E-state index in [2.05, 4.69) is 41.5 Å². The van der Waals surface area contributed by atoms with E-state index >= 15 is 0 Å². The molecule has 126 valence electrons. The topological polar surface area (TPSA) is 0 Å². The summed E-state index contributed by atoms with van der Waals surface area (Å²) in [6.45, 7) is 22.2. The van der Waals surface area contributed by atoms with Crippen molar-refractivity contribution in [2.45, 2.75) is 108 Å². The molecule has 0 aromatic carbocycles. The Kier molecular flexibility index (Phi) is 23.7. The summed E-state index contributed by atoms with van der Waals surface area (Å²) in [7, 11) is 0. The van der Waals surface area contributed by atoms with Gasteiger partial charge in [-0.05, 0) is 42.9 Å². The number of hydrogen-bond acceptors (Lipinski definition) is 0. The van der Waals surface area contributed by atoms with Gasteiger partial charge in [0.1, 0.15) is 0 Å². The molecule has 2 unspecified atom stereocenters. The van der Waals surface area contributed by atoms with Crippen molar-refractivity contribution in [2.75, 3.05) is 0 Å². The summed E-state index contributed by atoms with van der Waals surface area (Å²) < 4.78 is 0. The minimum atomic E-state index is 0.867. The highest BCUT2D eigenvalue weighted by Crippen LogP contribution is 2.29. The van der Waals surface area contributed by atoms with Crippen LogP contribution in [0.1, 0.15) is 108 Å². The third kappa shape index (κ3) is 18.0. The molecule has 2 atom stereocenters. The first-order valence-electron chi connectivity index (χ1n) is 9.49. The van der Waals surface area contributed by atoms with Gasteiger partial charge in [0.05, 0.1) is 0 Å². The molecular formula is C20H46. The summed E-state index contributed by atoms with van der Waals surface area (Å²) >= 11 is 0. The maximum atomic E-state index is 2.37. The molecule has 0 radical (unpaired) electrons. The molecule has 0 aromatic heterocycles. The zero-order chi connectivity index (χ0) is 16.6. The molecule has 0 N–H and O–H groups in total. The molecule has 0 saturated heterocycles. The van der Waals surface area contributed by atoms with Gasteiger partial charge in [0, 0.05) is 0 Å². The van der Waals surface area contributed by atoms with Gasteiger partial charge in [-0.25, -0.2) is 0 Å². The Bertz CT molecular complexity index is 146. The van der Waals surface area contributed by atoms with E-state index in [-0.39, 0.29) is 0 Å². The maximum absolute atomic E-state index is 2.37. The molecule has 0 fully saturated rings. The average molecular weight is 287 g/mol. The highest BCUT2D eigenvalue weighted by Gasteiger charge is 2.16. The van der Waals surface area contributed by atoms with E-state index in [1.54, 1.807) is 0 Å². The molecule has 20 heavy (non-hydrogen) atoms. The van der Waals surface area contributed by atoms with E-state index in [9.17, 15) is 0 Å². The zero-order valence-electron chi connectivity index (χ0n) is 16.6. The van der Waals surface area contributed by atoms with Gasteiger partial charge in [-0.15, -0.1) is 0 Å². The molecule has 0 aromatic rings. The summed E-state index contributed by atoms with van der Waals surface area (Å²) in [6.07, 6.45) is 8.50. The lowest BCUT2D eigenvalue weighted by atomic mass is 9.81. The van der Waals surface area contributed by atoms with E-state index in [1.807, 2.05) is 27.7 Å². The number of rotatable bonds is 9. The van der Waals surface area contributed by atoms with Crippen LogP contribution in [0.15, 0.2) is 0 Å².